The molecular weight excluding hydrogens is 398 g/mol. The predicted molar refractivity (Wildman–Crippen MR) is 120 cm³/mol. The van der Waals surface area contributed by atoms with Crippen LogP contribution in [0.3, 0.4) is 0 Å². The third-order valence-corrected chi connectivity index (χ3v) is 5.58. The fraction of sp³-hybridized carbons (Fsp3) is 0.318. The van der Waals surface area contributed by atoms with Gasteiger partial charge in [-0.3, -0.25) is 4.79 Å². The summed E-state index contributed by atoms with van der Waals surface area (Å²) in [7, 11) is 0. The number of thioether (sulfide) groups is 1. The number of aromatic nitrogens is 3. The highest BCUT2D eigenvalue weighted by molar-refractivity contribution is 7.99. The van der Waals surface area contributed by atoms with Crippen LogP contribution in [0.1, 0.15) is 35.0 Å². The molecule has 8 heteroatoms. The van der Waals surface area contributed by atoms with Gasteiger partial charge in [0.15, 0.2) is 5.82 Å². The Morgan fingerprint density at radius 1 is 1.17 bits per heavy atom. The zero-order chi connectivity index (χ0) is 21.7. The summed E-state index contributed by atoms with van der Waals surface area (Å²) in [6.07, 6.45) is 0.853. The smallest absolute Gasteiger partial charge is 0.234 e. The Balaban J connectivity index is 1.58. The lowest BCUT2D eigenvalue weighted by molar-refractivity contribution is -0.113. The lowest BCUT2D eigenvalue weighted by Gasteiger charge is -2.12. The van der Waals surface area contributed by atoms with Crippen molar-refractivity contribution in [3.05, 3.63) is 64.5 Å². The van der Waals surface area contributed by atoms with Gasteiger partial charge in [0.05, 0.1) is 5.75 Å². The minimum atomic E-state index is -0.111. The van der Waals surface area contributed by atoms with Gasteiger partial charge in [-0.05, 0) is 61.6 Å². The van der Waals surface area contributed by atoms with Crippen molar-refractivity contribution >= 4 is 23.4 Å². The first-order valence-corrected chi connectivity index (χ1v) is 10.8. The molecular formula is C22H27N5O2S. The van der Waals surface area contributed by atoms with E-state index in [1.807, 2.05) is 51.1 Å². The molecule has 3 rings (SSSR count). The number of carbonyl (C=O) groups excluding carboxylic acids is 1. The molecule has 1 aromatic heterocycles. The minimum absolute atomic E-state index is 0.111. The Bertz CT molecular complexity index is 1030. The highest BCUT2D eigenvalue weighted by atomic mass is 32.2. The number of amides is 1. The van der Waals surface area contributed by atoms with E-state index in [0.717, 1.165) is 40.1 Å². The van der Waals surface area contributed by atoms with Gasteiger partial charge in [-0.15, -0.1) is 10.2 Å². The summed E-state index contributed by atoms with van der Waals surface area (Å²) >= 11 is 1.24. The average molecular weight is 426 g/mol. The normalized spacial score (nSPS) is 10.8. The molecule has 0 fully saturated rings. The van der Waals surface area contributed by atoms with Crippen LogP contribution in [0.15, 0.2) is 41.6 Å². The number of carbonyl (C=O) groups is 1. The third kappa shape index (κ3) is 5.33. The third-order valence-electron chi connectivity index (χ3n) is 4.64. The minimum Gasteiger partial charge on any atom is -0.486 e. The number of para-hydroxylation sites is 1. The summed E-state index contributed by atoms with van der Waals surface area (Å²) < 4.78 is 7.17. The molecule has 0 spiro atoms. The molecule has 0 radical (unpaired) electrons. The predicted octanol–water partition coefficient (Wildman–Crippen LogP) is 3.79. The van der Waals surface area contributed by atoms with Gasteiger partial charge >= 0.3 is 0 Å². The molecule has 30 heavy (non-hydrogen) atoms. The van der Waals surface area contributed by atoms with Crippen molar-refractivity contribution in [2.75, 3.05) is 16.9 Å². The summed E-state index contributed by atoms with van der Waals surface area (Å²) in [6.45, 7) is 8.29. The van der Waals surface area contributed by atoms with E-state index in [1.165, 1.54) is 16.4 Å². The van der Waals surface area contributed by atoms with Crippen LogP contribution in [0.25, 0.3) is 0 Å². The number of anilines is 1. The molecule has 0 bridgehead atoms. The van der Waals surface area contributed by atoms with Crippen LogP contribution in [0.4, 0.5) is 5.69 Å². The number of nitrogens with two attached hydrogens (primary N) is 1. The lowest BCUT2D eigenvalue weighted by Crippen LogP contribution is -2.19. The summed E-state index contributed by atoms with van der Waals surface area (Å²) in [4.78, 5) is 12.4. The number of benzene rings is 2. The number of nitrogen functional groups attached to an aromatic ring is 1. The molecule has 0 saturated heterocycles. The molecule has 158 valence electrons. The second-order valence-electron chi connectivity index (χ2n) is 7.18. The Hall–Kier alpha value is -3.00. The number of rotatable bonds is 8. The van der Waals surface area contributed by atoms with E-state index >= 15 is 0 Å². The van der Waals surface area contributed by atoms with Crippen LogP contribution in [-0.4, -0.2) is 26.5 Å². The van der Waals surface area contributed by atoms with E-state index in [0.29, 0.717) is 11.0 Å². The number of nitrogens with zero attached hydrogens (tertiary/aromatic N) is 3. The van der Waals surface area contributed by atoms with Gasteiger partial charge in [0.2, 0.25) is 11.1 Å². The second kappa shape index (κ2) is 9.67. The van der Waals surface area contributed by atoms with E-state index in [1.54, 1.807) is 0 Å². The monoisotopic (exact) mass is 425 g/mol. The van der Waals surface area contributed by atoms with Crippen LogP contribution in [-0.2, 0) is 17.8 Å². The Morgan fingerprint density at radius 3 is 2.60 bits per heavy atom. The molecule has 0 unspecified atom stereocenters. The quantitative estimate of drug-likeness (QED) is 0.421. The van der Waals surface area contributed by atoms with Crippen molar-refractivity contribution < 1.29 is 9.53 Å². The zero-order valence-corrected chi connectivity index (χ0v) is 18.5. The van der Waals surface area contributed by atoms with Crippen molar-refractivity contribution in [2.24, 2.45) is 0 Å². The standard InChI is InChI=1S/C22H27N5O2S/c1-5-17-8-6-7-16(4)21(17)24-20(28)13-30-22-26-25-19(27(22)23)12-29-18-10-14(2)9-15(3)11-18/h6-11H,5,12-13,23H2,1-4H3,(H,24,28). The number of ether oxygens (including phenoxy) is 1. The maximum absolute atomic E-state index is 12.4. The van der Waals surface area contributed by atoms with Gasteiger partial charge in [-0.2, -0.15) is 0 Å². The van der Waals surface area contributed by atoms with E-state index < -0.39 is 0 Å². The Kier molecular flexibility index (Phi) is 6.99. The van der Waals surface area contributed by atoms with E-state index in [9.17, 15) is 4.79 Å². The zero-order valence-electron chi connectivity index (χ0n) is 17.7. The number of aryl methyl sites for hydroxylation is 4. The van der Waals surface area contributed by atoms with Crippen molar-refractivity contribution in [1.82, 2.24) is 14.9 Å². The fourth-order valence-corrected chi connectivity index (χ4v) is 3.85. The van der Waals surface area contributed by atoms with Crippen molar-refractivity contribution in [1.29, 1.82) is 0 Å². The van der Waals surface area contributed by atoms with E-state index in [2.05, 4.69) is 28.5 Å². The van der Waals surface area contributed by atoms with Gasteiger partial charge in [-0.1, -0.05) is 43.0 Å². The van der Waals surface area contributed by atoms with E-state index in [4.69, 9.17) is 10.6 Å². The molecule has 2 aromatic carbocycles. The molecule has 3 N–H and O–H groups in total. The van der Waals surface area contributed by atoms with Gasteiger partial charge < -0.3 is 15.9 Å². The topological polar surface area (TPSA) is 95.1 Å². The molecule has 0 aliphatic carbocycles. The summed E-state index contributed by atoms with van der Waals surface area (Å²) in [5.41, 5.74) is 5.28. The Labute approximate surface area is 181 Å². The molecule has 0 atom stereocenters. The summed E-state index contributed by atoms with van der Waals surface area (Å²) in [5, 5.41) is 11.6. The van der Waals surface area contributed by atoms with Crippen molar-refractivity contribution in [3.8, 4) is 5.75 Å². The maximum atomic E-state index is 12.4. The van der Waals surface area contributed by atoms with Crippen molar-refractivity contribution in [3.63, 3.8) is 0 Å². The molecule has 0 saturated carbocycles. The first-order chi connectivity index (χ1) is 14.4. The van der Waals surface area contributed by atoms with Gasteiger partial charge in [0, 0.05) is 5.69 Å². The maximum Gasteiger partial charge on any atom is 0.234 e. The second-order valence-corrected chi connectivity index (χ2v) is 8.12. The average Bonchev–Trinajstić information content (AvgIpc) is 3.05. The largest absolute Gasteiger partial charge is 0.486 e. The molecule has 0 aliphatic rings. The van der Waals surface area contributed by atoms with Crippen LogP contribution < -0.4 is 15.9 Å². The van der Waals surface area contributed by atoms with Gasteiger partial charge in [-0.25, -0.2) is 4.68 Å². The molecule has 3 aromatic rings. The fourth-order valence-electron chi connectivity index (χ4n) is 3.18. The number of hydrogen-bond acceptors (Lipinski definition) is 6. The van der Waals surface area contributed by atoms with Gasteiger partial charge in [0.1, 0.15) is 12.4 Å². The van der Waals surface area contributed by atoms with Gasteiger partial charge in [0.25, 0.3) is 0 Å². The number of nitrogens with one attached hydrogen (secondary N) is 1. The number of hydrogen-bond donors (Lipinski definition) is 2. The lowest BCUT2D eigenvalue weighted by atomic mass is 10.1. The first-order valence-electron chi connectivity index (χ1n) is 9.79. The van der Waals surface area contributed by atoms with Crippen LogP contribution in [0.5, 0.6) is 5.75 Å². The SMILES string of the molecule is CCc1cccc(C)c1NC(=O)CSc1nnc(COc2cc(C)cc(C)c2)n1N. The molecule has 7 nitrogen and oxygen atoms in total. The molecule has 0 aliphatic heterocycles. The summed E-state index contributed by atoms with van der Waals surface area (Å²) in [5.74, 6) is 7.42. The summed E-state index contributed by atoms with van der Waals surface area (Å²) in [6, 6.07) is 12.0. The highest BCUT2D eigenvalue weighted by Gasteiger charge is 2.14. The highest BCUT2D eigenvalue weighted by Crippen LogP contribution is 2.23. The van der Waals surface area contributed by atoms with Crippen LogP contribution >= 0.6 is 11.8 Å². The van der Waals surface area contributed by atoms with Crippen LogP contribution in [0, 0.1) is 20.8 Å². The molecule has 1 amide bonds. The van der Waals surface area contributed by atoms with E-state index in [-0.39, 0.29) is 18.3 Å². The van der Waals surface area contributed by atoms with Crippen LogP contribution in [0.2, 0.25) is 0 Å². The van der Waals surface area contributed by atoms with Crippen molar-refractivity contribution in [2.45, 2.75) is 45.9 Å². The molecule has 1 heterocycles. The Morgan fingerprint density at radius 2 is 1.90 bits per heavy atom. The first kappa shape index (κ1) is 21.7.